The lowest BCUT2D eigenvalue weighted by Gasteiger charge is -2.29. The minimum Gasteiger partial charge on any atom is -0.380 e. The molecule has 0 radical (unpaired) electrons. The van der Waals surface area contributed by atoms with Crippen LogP contribution in [0.2, 0.25) is 0 Å². The monoisotopic (exact) mass is 177 g/mol. The van der Waals surface area contributed by atoms with Gasteiger partial charge < -0.3 is 10.5 Å². The summed E-state index contributed by atoms with van der Waals surface area (Å²) in [6, 6.07) is 0. The van der Waals surface area contributed by atoms with Gasteiger partial charge in [0.25, 0.3) is 0 Å². The Bertz CT molecular complexity index is 153. The van der Waals surface area contributed by atoms with E-state index in [2.05, 4.69) is 0 Å². The quantitative estimate of drug-likeness (QED) is 0.656. The summed E-state index contributed by atoms with van der Waals surface area (Å²) in [6.45, 7) is 0. The van der Waals surface area contributed by atoms with Crippen LogP contribution in [0, 0.1) is 5.92 Å². The minimum atomic E-state index is 0. The smallest absolute Gasteiger partial charge is 0.0753 e. The minimum absolute atomic E-state index is 0. The van der Waals surface area contributed by atoms with Crippen molar-refractivity contribution in [3.63, 3.8) is 0 Å². The highest BCUT2D eigenvalue weighted by atomic mass is 35.5. The van der Waals surface area contributed by atoms with Crippen LogP contribution in [-0.4, -0.2) is 18.8 Å². The molecule has 0 amide bonds. The Morgan fingerprint density at radius 1 is 1.55 bits per heavy atom. The van der Waals surface area contributed by atoms with Crippen LogP contribution >= 0.6 is 12.4 Å². The second-order valence-electron chi connectivity index (χ2n) is 3.80. The van der Waals surface area contributed by atoms with E-state index in [4.69, 9.17) is 10.5 Å². The highest BCUT2D eigenvalue weighted by Gasteiger charge is 2.49. The number of methoxy groups -OCH3 is 1. The van der Waals surface area contributed by atoms with Crippen molar-refractivity contribution >= 4 is 12.4 Å². The van der Waals surface area contributed by atoms with Gasteiger partial charge in [0.05, 0.1) is 6.10 Å². The molecule has 0 spiro atoms. The normalized spacial score (nSPS) is 47.5. The van der Waals surface area contributed by atoms with E-state index in [9.17, 15) is 0 Å². The first-order valence-electron chi connectivity index (χ1n) is 4.06. The number of ether oxygens (including phenoxy) is 1. The van der Waals surface area contributed by atoms with Crippen molar-refractivity contribution in [1.82, 2.24) is 0 Å². The molecule has 3 heteroatoms. The third-order valence-electron chi connectivity index (χ3n) is 3.16. The molecule has 66 valence electrons. The molecule has 0 aromatic heterocycles. The summed E-state index contributed by atoms with van der Waals surface area (Å²) in [4.78, 5) is 0. The topological polar surface area (TPSA) is 35.2 Å². The van der Waals surface area contributed by atoms with Crippen molar-refractivity contribution in [2.75, 3.05) is 7.11 Å². The molecule has 11 heavy (non-hydrogen) atoms. The highest BCUT2D eigenvalue weighted by molar-refractivity contribution is 5.85. The third-order valence-corrected chi connectivity index (χ3v) is 3.16. The van der Waals surface area contributed by atoms with Crippen molar-refractivity contribution in [3.05, 3.63) is 0 Å². The number of fused-ring (bicyclic) bond motifs is 2. The van der Waals surface area contributed by atoms with E-state index in [0.29, 0.717) is 6.10 Å². The molecule has 0 saturated heterocycles. The molecule has 2 saturated carbocycles. The fourth-order valence-corrected chi connectivity index (χ4v) is 2.58. The van der Waals surface area contributed by atoms with Crippen molar-refractivity contribution in [1.29, 1.82) is 0 Å². The summed E-state index contributed by atoms with van der Waals surface area (Å²) >= 11 is 0. The molecular formula is C8H16ClNO. The Kier molecular flexibility index (Phi) is 2.47. The van der Waals surface area contributed by atoms with Gasteiger partial charge >= 0.3 is 0 Å². The molecule has 0 unspecified atom stereocenters. The second kappa shape index (κ2) is 2.92. The van der Waals surface area contributed by atoms with Crippen LogP contribution in [-0.2, 0) is 4.74 Å². The fraction of sp³-hybridized carbons (Fsp3) is 1.00. The van der Waals surface area contributed by atoms with Crippen LogP contribution in [0.25, 0.3) is 0 Å². The third kappa shape index (κ3) is 1.28. The Balaban J connectivity index is 0.000000605. The van der Waals surface area contributed by atoms with E-state index in [0.717, 1.165) is 5.92 Å². The van der Waals surface area contributed by atoms with Gasteiger partial charge in [-0.25, -0.2) is 0 Å². The molecule has 2 aliphatic rings. The number of hydrogen-bond acceptors (Lipinski definition) is 2. The molecule has 2 fully saturated rings. The maximum Gasteiger partial charge on any atom is 0.0753 e. The van der Waals surface area contributed by atoms with Crippen LogP contribution in [0.15, 0.2) is 0 Å². The standard InChI is InChI=1S/C8H15NO.ClH/c1-10-7-4-6-2-3-8(7,9)5-6;/h6-7H,2-5,9H2,1H3;1H/t6-,7-,8+;/m1./s1. The largest absolute Gasteiger partial charge is 0.380 e. The van der Waals surface area contributed by atoms with Crippen molar-refractivity contribution in [2.24, 2.45) is 11.7 Å². The SMILES string of the molecule is CO[C@@H]1C[C@H]2CC[C@]1(N)C2.Cl. The van der Waals surface area contributed by atoms with Gasteiger partial charge in [-0.05, 0) is 31.6 Å². The van der Waals surface area contributed by atoms with Gasteiger partial charge in [0.15, 0.2) is 0 Å². The van der Waals surface area contributed by atoms with E-state index in [1.807, 2.05) is 0 Å². The van der Waals surface area contributed by atoms with Gasteiger partial charge in [-0.3, -0.25) is 0 Å². The zero-order valence-electron chi connectivity index (χ0n) is 6.88. The Morgan fingerprint density at radius 2 is 2.27 bits per heavy atom. The van der Waals surface area contributed by atoms with Gasteiger partial charge in [-0.2, -0.15) is 0 Å². The van der Waals surface area contributed by atoms with Crippen LogP contribution < -0.4 is 5.73 Å². The molecule has 2 N–H and O–H groups in total. The lowest BCUT2D eigenvalue weighted by Crippen LogP contribution is -2.46. The maximum atomic E-state index is 6.13. The molecule has 3 atom stereocenters. The van der Waals surface area contributed by atoms with Gasteiger partial charge in [-0.1, -0.05) is 0 Å². The fourth-order valence-electron chi connectivity index (χ4n) is 2.58. The first-order chi connectivity index (χ1) is 4.74. The summed E-state index contributed by atoms with van der Waals surface area (Å²) in [5.74, 6) is 0.870. The zero-order valence-corrected chi connectivity index (χ0v) is 7.69. The lowest BCUT2D eigenvalue weighted by atomic mass is 9.92. The van der Waals surface area contributed by atoms with Gasteiger partial charge in [-0.15, -0.1) is 12.4 Å². The average Bonchev–Trinajstić information content (AvgIpc) is 2.41. The van der Waals surface area contributed by atoms with Crippen LogP contribution in [0.3, 0.4) is 0 Å². The van der Waals surface area contributed by atoms with E-state index >= 15 is 0 Å². The summed E-state index contributed by atoms with van der Waals surface area (Å²) in [6.07, 6.45) is 5.26. The molecule has 0 heterocycles. The predicted molar refractivity (Wildman–Crippen MR) is 46.9 cm³/mol. The van der Waals surface area contributed by atoms with Crippen molar-refractivity contribution in [2.45, 2.75) is 37.3 Å². The van der Waals surface area contributed by atoms with E-state index in [1.165, 1.54) is 25.7 Å². The Labute approximate surface area is 73.9 Å². The zero-order chi connectivity index (χ0) is 7.19. The summed E-state index contributed by atoms with van der Waals surface area (Å²) < 4.78 is 5.32. The van der Waals surface area contributed by atoms with Gasteiger partial charge in [0, 0.05) is 12.6 Å². The molecule has 0 aliphatic heterocycles. The molecule has 2 rings (SSSR count). The molecule has 2 bridgehead atoms. The molecule has 2 nitrogen and oxygen atoms in total. The van der Waals surface area contributed by atoms with E-state index < -0.39 is 0 Å². The second-order valence-corrected chi connectivity index (χ2v) is 3.80. The Hall–Kier alpha value is 0.210. The number of halogens is 1. The lowest BCUT2D eigenvalue weighted by molar-refractivity contribution is 0.0421. The van der Waals surface area contributed by atoms with E-state index in [1.54, 1.807) is 7.11 Å². The number of rotatable bonds is 1. The maximum absolute atomic E-state index is 6.13. The number of nitrogens with two attached hydrogens (primary N) is 1. The first-order valence-corrected chi connectivity index (χ1v) is 4.06. The molecule has 0 aromatic carbocycles. The van der Waals surface area contributed by atoms with Crippen molar-refractivity contribution < 1.29 is 4.74 Å². The van der Waals surface area contributed by atoms with Crippen LogP contribution in [0.4, 0.5) is 0 Å². The van der Waals surface area contributed by atoms with Crippen molar-refractivity contribution in [3.8, 4) is 0 Å². The Morgan fingerprint density at radius 3 is 2.55 bits per heavy atom. The van der Waals surface area contributed by atoms with Gasteiger partial charge in [0.2, 0.25) is 0 Å². The van der Waals surface area contributed by atoms with E-state index in [-0.39, 0.29) is 17.9 Å². The molecule has 2 aliphatic carbocycles. The number of hydrogen-bond donors (Lipinski definition) is 1. The van der Waals surface area contributed by atoms with Crippen LogP contribution in [0.1, 0.15) is 25.7 Å². The summed E-state index contributed by atoms with van der Waals surface area (Å²) in [7, 11) is 1.78. The first kappa shape index (κ1) is 9.30. The molecular weight excluding hydrogens is 162 g/mol. The summed E-state index contributed by atoms with van der Waals surface area (Å²) in [5, 5.41) is 0. The van der Waals surface area contributed by atoms with Crippen LogP contribution in [0.5, 0.6) is 0 Å². The average molecular weight is 178 g/mol. The predicted octanol–water partition coefficient (Wildman–Crippen LogP) is 1.32. The van der Waals surface area contributed by atoms with Gasteiger partial charge in [0.1, 0.15) is 0 Å². The summed E-state index contributed by atoms with van der Waals surface area (Å²) in [5.41, 5.74) is 6.18. The highest BCUT2D eigenvalue weighted by Crippen LogP contribution is 2.47. The molecule has 0 aromatic rings.